The van der Waals surface area contributed by atoms with Crippen LogP contribution in [0.5, 0.6) is 0 Å². The van der Waals surface area contributed by atoms with Crippen molar-refractivity contribution in [1.82, 2.24) is 10.2 Å². The van der Waals surface area contributed by atoms with Crippen molar-refractivity contribution in [3.05, 3.63) is 95.4 Å². The van der Waals surface area contributed by atoms with E-state index in [1.165, 1.54) is 5.56 Å². The zero-order valence-electron chi connectivity index (χ0n) is 15.9. The van der Waals surface area contributed by atoms with E-state index < -0.39 is 6.04 Å². The Bertz CT molecular complexity index is 973. The average molecular weight is 407 g/mol. The Balaban J connectivity index is 1.46. The van der Waals surface area contributed by atoms with Gasteiger partial charge in [0.05, 0.1) is 12.8 Å². The number of rotatable bonds is 8. The molecule has 0 unspecified atom stereocenters. The van der Waals surface area contributed by atoms with Crippen LogP contribution in [0.1, 0.15) is 27.2 Å². The first-order valence-electron chi connectivity index (χ1n) is 9.53. The average Bonchev–Trinajstić information content (AvgIpc) is 3.39. The largest absolute Gasteiger partial charge is 0.467 e. The molecule has 0 saturated heterocycles. The summed E-state index contributed by atoms with van der Waals surface area (Å²) in [7, 11) is 0. The topological polar surface area (TPSA) is 62.6 Å². The Morgan fingerprint density at radius 3 is 2.62 bits per heavy atom. The van der Waals surface area contributed by atoms with Gasteiger partial charge in [-0.05, 0) is 29.3 Å². The number of benzene rings is 2. The summed E-state index contributed by atoms with van der Waals surface area (Å²) < 4.78 is 5.30. The van der Waals surface area contributed by atoms with E-state index >= 15 is 0 Å². The molecule has 6 heteroatoms. The first kappa shape index (κ1) is 19.3. The second-order valence-corrected chi connectivity index (χ2v) is 7.93. The fraction of sp³-hybridized carbons (Fsp3) is 0.217. The number of amides is 2. The lowest BCUT2D eigenvalue weighted by molar-refractivity contribution is -0.125. The molecular weight excluding hydrogens is 384 g/mol. The van der Waals surface area contributed by atoms with Crippen LogP contribution in [0, 0.1) is 0 Å². The fourth-order valence-corrected chi connectivity index (χ4v) is 4.50. The van der Waals surface area contributed by atoms with Crippen molar-refractivity contribution >= 4 is 23.6 Å². The number of hydrogen-bond acceptors (Lipinski definition) is 4. The molecule has 0 saturated carbocycles. The summed E-state index contributed by atoms with van der Waals surface area (Å²) >= 11 is 1.66. The SMILES string of the molecule is O=C(NCc1ccco1)[C@H](CSCc1ccccc1)N1Cc2ccccc2C1=O. The molecular formula is C23H22N2O3S. The number of carbonyl (C=O) groups excluding carboxylic acids is 2. The molecule has 2 aromatic carbocycles. The van der Waals surface area contributed by atoms with E-state index in [2.05, 4.69) is 17.4 Å². The minimum atomic E-state index is -0.543. The van der Waals surface area contributed by atoms with Crippen LogP contribution in [0.4, 0.5) is 0 Å². The van der Waals surface area contributed by atoms with Crippen molar-refractivity contribution < 1.29 is 14.0 Å². The Morgan fingerprint density at radius 1 is 1.07 bits per heavy atom. The Hall–Kier alpha value is -2.99. The van der Waals surface area contributed by atoms with E-state index in [0.29, 0.717) is 30.2 Å². The third-order valence-electron chi connectivity index (χ3n) is 4.93. The van der Waals surface area contributed by atoms with Crippen LogP contribution in [0.3, 0.4) is 0 Å². The lowest BCUT2D eigenvalue weighted by atomic mass is 10.1. The highest BCUT2D eigenvalue weighted by molar-refractivity contribution is 7.98. The number of hydrogen-bond donors (Lipinski definition) is 1. The minimum Gasteiger partial charge on any atom is -0.467 e. The standard InChI is InChI=1S/C23H22N2O3S/c26-22(24-13-19-10-6-12-28-19)21(16-29-15-17-7-2-1-3-8-17)25-14-18-9-4-5-11-20(18)23(25)27/h1-12,21H,13-16H2,(H,24,26)/t21-/m0/s1. The van der Waals surface area contributed by atoms with E-state index in [0.717, 1.165) is 11.3 Å². The van der Waals surface area contributed by atoms with Crippen LogP contribution in [0.15, 0.2) is 77.4 Å². The normalized spacial score (nSPS) is 13.9. The maximum absolute atomic E-state index is 13.0. The quantitative estimate of drug-likeness (QED) is 0.617. The summed E-state index contributed by atoms with van der Waals surface area (Å²) in [6.07, 6.45) is 1.58. The van der Waals surface area contributed by atoms with Gasteiger partial charge in [-0.15, -0.1) is 0 Å². The minimum absolute atomic E-state index is 0.0842. The molecule has 148 valence electrons. The molecule has 29 heavy (non-hydrogen) atoms. The number of fused-ring (bicyclic) bond motifs is 1. The fourth-order valence-electron chi connectivity index (χ4n) is 3.40. The third kappa shape index (κ3) is 4.54. The first-order valence-corrected chi connectivity index (χ1v) is 10.7. The van der Waals surface area contributed by atoms with Gasteiger partial charge in [0, 0.05) is 23.6 Å². The zero-order chi connectivity index (χ0) is 20.1. The molecule has 0 fully saturated rings. The molecule has 0 aliphatic carbocycles. The van der Waals surface area contributed by atoms with E-state index in [-0.39, 0.29) is 11.8 Å². The summed E-state index contributed by atoms with van der Waals surface area (Å²) in [5.74, 6) is 1.75. The van der Waals surface area contributed by atoms with Crippen molar-refractivity contribution in [3.8, 4) is 0 Å². The number of nitrogens with zero attached hydrogens (tertiary/aromatic N) is 1. The molecule has 1 aromatic heterocycles. The van der Waals surface area contributed by atoms with Crippen LogP contribution < -0.4 is 5.32 Å². The highest BCUT2D eigenvalue weighted by atomic mass is 32.2. The molecule has 5 nitrogen and oxygen atoms in total. The molecule has 3 aromatic rings. The highest BCUT2D eigenvalue weighted by Crippen LogP contribution is 2.26. The van der Waals surface area contributed by atoms with Gasteiger partial charge in [0.1, 0.15) is 11.8 Å². The van der Waals surface area contributed by atoms with Crippen molar-refractivity contribution in [1.29, 1.82) is 0 Å². The summed E-state index contributed by atoms with van der Waals surface area (Å²) in [5, 5.41) is 2.92. The Kier molecular flexibility index (Phi) is 6.00. The second kappa shape index (κ2) is 9.01. The lowest BCUT2D eigenvalue weighted by Gasteiger charge is -2.26. The smallest absolute Gasteiger partial charge is 0.255 e. The van der Waals surface area contributed by atoms with Gasteiger partial charge < -0.3 is 14.6 Å². The van der Waals surface area contributed by atoms with Crippen LogP contribution >= 0.6 is 11.8 Å². The number of nitrogens with one attached hydrogen (secondary N) is 1. The third-order valence-corrected chi connectivity index (χ3v) is 6.02. The van der Waals surface area contributed by atoms with Crippen molar-refractivity contribution in [3.63, 3.8) is 0 Å². The van der Waals surface area contributed by atoms with Crippen molar-refractivity contribution in [2.45, 2.75) is 24.9 Å². The molecule has 1 atom stereocenters. The predicted molar refractivity (Wildman–Crippen MR) is 113 cm³/mol. The van der Waals surface area contributed by atoms with E-state index in [9.17, 15) is 9.59 Å². The summed E-state index contributed by atoms with van der Waals surface area (Å²) in [5.41, 5.74) is 2.85. The van der Waals surface area contributed by atoms with Crippen molar-refractivity contribution in [2.24, 2.45) is 0 Å². The summed E-state index contributed by atoms with van der Waals surface area (Å²) in [6.45, 7) is 0.764. The van der Waals surface area contributed by atoms with E-state index in [1.54, 1.807) is 29.0 Å². The highest BCUT2D eigenvalue weighted by Gasteiger charge is 2.36. The van der Waals surface area contributed by atoms with Crippen LogP contribution in [-0.4, -0.2) is 28.5 Å². The number of carbonyl (C=O) groups is 2. The predicted octanol–water partition coefficient (Wildman–Crippen LogP) is 3.85. The molecule has 1 N–H and O–H groups in total. The van der Waals surface area contributed by atoms with Gasteiger partial charge in [-0.1, -0.05) is 48.5 Å². The molecule has 1 aliphatic heterocycles. The molecule has 0 bridgehead atoms. The monoisotopic (exact) mass is 406 g/mol. The Labute approximate surface area is 174 Å². The molecule has 2 amide bonds. The van der Waals surface area contributed by atoms with Gasteiger partial charge in [-0.2, -0.15) is 11.8 Å². The zero-order valence-corrected chi connectivity index (χ0v) is 16.7. The van der Waals surface area contributed by atoms with Gasteiger partial charge in [0.25, 0.3) is 5.91 Å². The number of furan rings is 1. The lowest BCUT2D eigenvalue weighted by Crippen LogP contribution is -2.48. The van der Waals surface area contributed by atoms with Gasteiger partial charge in [-0.3, -0.25) is 9.59 Å². The van der Waals surface area contributed by atoms with Crippen LogP contribution in [-0.2, 0) is 23.6 Å². The second-order valence-electron chi connectivity index (χ2n) is 6.90. The molecule has 0 spiro atoms. The molecule has 0 radical (unpaired) electrons. The van der Waals surface area contributed by atoms with Crippen LogP contribution in [0.2, 0.25) is 0 Å². The molecule has 4 rings (SSSR count). The van der Waals surface area contributed by atoms with Gasteiger partial charge >= 0.3 is 0 Å². The summed E-state index contributed by atoms with van der Waals surface area (Å²) in [4.78, 5) is 27.6. The van der Waals surface area contributed by atoms with E-state index in [1.807, 2.05) is 48.5 Å². The van der Waals surface area contributed by atoms with Gasteiger partial charge in [-0.25, -0.2) is 0 Å². The summed E-state index contributed by atoms with van der Waals surface area (Å²) in [6, 6.07) is 20.7. The Morgan fingerprint density at radius 2 is 1.86 bits per heavy atom. The molecule has 1 aliphatic rings. The molecule has 2 heterocycles. The van der Waals surface area contributed by atoms with Crippen LogP contribution in [0.25, 0.3) is 0 Å². The van der Waals surface area contributed by atoms with Crippen molar-refractivity contribution in [2.75, 3.05) is 5.75 Å². The number of thioether (sulfide) groups is 1. The maximum atomic E-state index is 13.0. The van der Waals surface area contributed by atoms with Gasteiger partial charge in [0.15, 0.2) is 0 Å². The first-order chi connectivity index (χ1) is 14.2. The van der Waals surface area contributed by atoms with E-state index in [4.69, 9.17) is 4.42 Å². The maximum Gasteiger partial charge on any atom is 0.255 e. The van der Waals surface area contributed by atoms with Gasteiger partial charge in [0.2, 0.25) is 5.91 Å².